The van der Waals surface area contributed by atoms with Crippen LogP contribution in [0.5, 0.6) is 0 Å². The number of thioether (sulfide) groups is 1. The molecule has 1 heterocycles. The third kappa shape index (κ3) is 4.11. The van der Waals surface area contributed by atoms with Crippen LogP contribution >= 0.6 is 23.1 Å². The molecule has 0 aliphatic rings. The van der Waals surface area contributed by atoms with Crippen molar-refractivity contribution in [1.82, 2.24) is 10.3 Å². The number of hydrogen-bond donors (Lipinski definition) is 1. The molecule has 1 aromatic heterocycles. The monoisotopic (exact) mass is 216 g/mol. The maximum absolute atomic E-state index is 4.21. The first-order chi connectivity index (χ1) is 6.22. The molecule has 13 heavy (non-hydrogen) atoms. The van der Waals surface area contributed by atoms with Crippen molar-refractivity contribution in [3.63, 3.8) is 0 Å². The van der Waals surface area contributed by atoms with Gasteiger partial charge in [0, 0.05) is 29.4 Å². The molecular weight excluding hydrogens is 200 g/mol. The van der Waals surface area contributed by atoms with Crippen molar-refractivity contribution in [1.29, 1.82) is 0 Å². The second-order valence-electron chi connectivity index (χ2n) is 3.02. The Morgan fingerprint density at radius 1 is 1.69 bits per heavy atom. The lowest BCUT2D eigenvalue weighted by molar-refractivity contribution is 0.690. The molecule has 0 saturated heterocycles. The summed E-state index contributed by atoms with van der Waals surface area (Å²) in [5.41, 5.74) is 0. The Morgan fingerprint density at radius 2 is 2.46 bits per heavy atom. The number of nitrogens with one attached hydrogen (secondary N) is 1. The van der Waals surface area contributed by atoms with Gasteiger partial charge in [-0.05, 0) is 13.2 Å². The third-order valence-electron chi connectivity index (χ3n) is 1.80. The standard InChI is InChI=1S/C9H16N2S2/c1-7(12-3)4-10-5-9-6-11-8(2)13-9/h6-7,10H,4-5H2,1-3H3. The van der Waals surface area contributed by atoms with E-state index in [1.807, 2.05) is 24.9 Å². The van der Waals surface area contributed by atoms with Gasteiger partial charge in [-0.25, -0.2) is 4.98 Å². The summed E-state index contributed by atoms with van der Waals surface area (Å²) in [4.78, 5) is 5.53. The molecule has 0 fully saturated rings. The van der Waals surface area contributed by atoms with Crippen LogP contribution in [0.3, 0.4) is 0 Å². The number of thiazole rings is 1. The Bertz CT molecular complexity index is 248. The summed E-state index contributed by atoms with van der Waals surface area (Å²) >= 11 is 3.66. The van der Waals surface area contributed by atoms with E-state index in [9.17, 15) is 0 Å². The van der Waals surface area contributed by atoms with Gasteiger partial charge in [0.15, 0.2) is 0 Å². The average Bonchev–Trinajstić information content (AvgIpc) is 2.51. The molecule has 1 unspecified atom stereocenters. The lowest BCUT2D eigenvalue weighted by Crippen LogP contribution is -2.21. The molecule has 2 nitrogen and oxygen atoms in total. The number of aromatic nitrogens is 1. The lowest BCUT2D eigenvalue weighted by Gasteiger charge is -2.07. The van der Waals surface area contributed by atoms with Crippen LogP contribution in [0.1, 0.15) is 16.8 Å². The molecular formula is C9H16N2S2. The topological polar surface area (TPSA) is 24.9 Å². The Kier molecular flexibility index (Phi) is 4.77. The van der Waals surface area contributed by atoms with E-state index in [0.29, 0.717) is 5.25 Å². The van der Waals surface area contributed by atoms with E-state index in [4.69, 9.17) is 0 Å². The van der Waals surface area contributed by atoms with E-state index in [1.165, 1.54) is 4.88 Å². The predicted octanol–water partition coefficient (Wildman–Crippen LogP) is 2.29. The van der Waals surface area contributed by atoms with Crippen molar-refractivity contribution < 1.29 is 0 Å². The van der Waals surface area contributed by atoms with Gasteiger partial charge in [-0.3, -0.25) is 0 Å². The highest BCUT2D eigenvalue weighted by molar-refractivity contribution is 7.99. The van der Waals surface area contributed by atoms with E-state index in [2.05, 4.69) is 23.5 Å². The minimum absolute atomic E-state index is 0.689. The van der Waals surface area contributed by atoms with Crippen LogP contribution in [-0.4, -0.2) is 23.0 Å². The van der Waals surface area contributed by atoms with Crippen molar-refractivity contribution in [2.24, 2.45) is 0 Å². The van der Waals surface area contributed by atoms with Crippen molar-refractivity contribution in [2.75, 3.05) is 12.8 Å². The first kappa shape index (κ1) is 11.0. The minimum Gasteiger partial charge on any atom is -0.311 e. The van der Waals surface area contributed by atoms with Gasteiger partial charge in [0.25, 0.3) is 0 Å². The molecule has 0 spiro atoms. The van der Waals surface area contributed by atoms with Gasteiger partial charge >= 0.3 is 0 Å². The maximum atomic E-state index is 4.21. The zero-order chi connectivity index (χ0) is 9.68. The van der Waals surface area contributed by atoms with Crippen molar-refractivity contribution in [3.05, 3.63) is 16.1 Å². The molecule has 0 aliphatic carbocycles. The molecule has 0 saturated carbocycles. The summed E-state index contributed by atoms with van der Waals surface area (Å²) in [6.45, 7) is 6.29. The first-order valence-corrected chi connectivity index (χ1v) is 6.47. The maximum Gasteiger partial charge on any atom is 0.0897 e. The molecule has 0 bridgehead atoms. The van der Waals surface area contributed by atoms with Crippen LogP contribution in [0.4, 0.5) is 0 Å². The first-order valence-electron chi connectivity index (χ1n) is 4.37. The highest BCUT2D eigenvalue weighted by Gasteiger charge is 2.00. The quantitative estimate of drug-likeness (QED) is 0.817. The van der Waals surface area contributed by atoms with Crippen LogP contribution in [0.2, 0.25) is 0 Å². The highest BCUT2D eigenvalue weighted by atomic mass is 32.2. The van der Waals surface area contributed by atoms with Gasteiger partial charge in [-0.15, -0.1) is 11.3 Å². The van der Waals surface area contributed by atoms with Gasteiger partial charge in [0.2, 0.25) is 0 Å². The third-order valence-corrected chi connectivity index (χ3v) is 3.69. The summed E-state index contributed by atoms with van der Waals surface area (Å²) < 4.78 is 0. The van der Waals surface area contributed by atoms with Crippen molar-refractivity contribution in [2.45, 2.75) is 25.6 Å². The highest BCUT2D eigenvalue weighted by Crippen LogP contribution is 2.11. The molecule has 0 amide bonds. The van der Waals surface area contributed by atoms with Gasteiger partial charge in [-0.1, -0.05) is 6.92 Å². The van der Waals surface area contributed by atoms with Crippen LogP contribution in [0, 0.1) is 6.92 Å². The summed E-state index contributed by atoms with van der Waals surface area (Å²) in [7, 11) is 0. The number of hydrogen-bond acceptors (Lipinski definition) is 4. The van der Waals surface area contributed by atoms with Crippen molar-refractivity contribution >= 4 is 23.1 Å². The van der Waals surface area contributed by atoms with Crippen LogP contribution in [0.15, 0.2) is 6.20 Å². The summed E-state index contributed by atoms with van der Waals surface area (Å²) in [6, 6.07) is 0. The minimum atomic E-state index is 0.689. The van der Waals surface area contributed by atoms with Crippen molar-refractivity contribution in [3.8, 4) is 0 Å². The summed E-state index contributed by atoms with van der Waals surface area (Å²) in [5, 5.41) is 5.25. The normalized spacial score (nSPS) is 13.2. The largest absolute Gasteiger partial charge is 0.311 e. The predicted molar refractivity (Wildman–Crippen MR) is 61.5 cm³/mol. The number of aryl methyl sites for hydroxylation is 1. The Labute approximate surface area is 88.2 Å². The van der Waals surface area contributed by atoms with Gasteiger partial charge in [0.1, 0.15) is 0 Å². The molecule has 1 N–H and O–H groups in total. The molecule has 74 valence electrons. The number of rotatable bonds is 5. The SMILES string of the molecule is CSC(C)CNCc1cnc(C)s1. The molecule has 1 aromatic rings. The fourth-order valence-corrected chi connectivity index (χ4v) is 2.02. The van der Waals surface area contributed by atoms with Gasteiger partial charge < -0.3 is 5.32 Å². The van der Waals surface area contributed by atoms with E-state index in [-0.39, 0.29) is 0 Å². The Morgan fingerprint density at radius 3 is 3.00 bits per heavy atom. The Balaban J connectivity index is 2.20. The van der Waals surface area contributed by atoms with E-state index >= 15 is 0 Å². The molecule has 0 radical (unpaired) electrons. The fourth-order valence-electron chi connectivity index (χ4n) is 0.969. The lowest BCUT2D eigenvalue weighted by atomic mass is 10.4. The van der Waals surface area contributed by atoms with Crippen LogP contribution in [-0.2, 0) is 6.54 Å². The van der Waals surface area contributed by atoms with Crippen LogP contribution in [0.25, 0.3) is 0 Å². The number of nitrogens with zero attached hydrogens (tertiary/aromatic N) is 1. The molecule has 0 aliphatic heterocycles. The molecule has 4 heteroatoms. The zero-order valence-corrected chi connectivity index (χ0v) is 9.97. The zero-order valence-electron chi connectivity index (χ0n) is 8.33. The fraction of sp³-hybridized carbons (Fsp3) is 0.667. The van der Waals surface area contributed by atoms with E-state index in [0.717, 1.165) is 18.1 Å². The second-order valence-corrected chi connectivity index (χ2v) is 5.62. The van der Waals surface area contributed by atoms with Crippen LogP contribution < -0.4 is 5.32 Å². The smallest absolute Gasteiger partial charge is 0.0897 e. The summed E-state index contributed by atoms with van der Waals surface area (Å²) in [5.74, 6) is 0. The van der Waals surface area contributed by atoms with E-state index < -0.39 is 0 Å². The average molecular weight is 216 g/mol. The Hall–Kier alpha value is -0.0600. The second kappa shape index (κ2) is 5.62. The summed E-state index contributed by atoms with van der Waals surface area (Å²) in [6.07, 6.45) is 4.10. The molecule has 1 rings (SSSR count). The van der Waals surface area contributed by atoms with E-state index in [1.54, 1.807) is 11.3 Å². The molecule has 1 atom stereocenters. The van der Waals surface area contributed by atoms with Gasteiger partial charge in [0.05, 0.1) is 5.01 Å². The molecule has 0 aromatic carbocycles. The van der Waals surface area contributed by atoms with Gasteiger partial charge in [-0.2, -0.15) is 11.8 Å².